The van der Waals surface area contributed by atoms with Crippen molar-refractivity contribution in [1.29, 1.82) is 0 Å². The molecule has 0 radical (unpaired) electrons. The quantitative estimate of drug-likeness (QED) is 0.898. The summed E-state index contributed by atoms with van der Waals surface area (Å²) in [4.78, 5) is 14.3. The molecular weight excluding hydrogens is 276 g/mol. The number of aryl methyl sites for hydroxylation is 1. The lowest BCUT2D eigenvalue weighted by molar-refractivity contribution is 0.0682. The number of nitrogens with two attached hydrogens (primary N) is 1. The van der Waals surface area contributed by atoms with Crippen molar-refractivity contribution in [1.82, 2.24) is 4.90 Å². The molecule has 1 atom stereocenters. The molecule has 0 bridgehead atoms. The lowest BCUT2D eigenvalue weighted by atomic mass is 9.99. The number of piperidine rings is 1. The van der Waals surface area contributed by atoms with Crippen molar-refractivity contribution in [3.8, 4) is 0 Å². The van der Waals surface area contributed by atoms with Gasteiger partial charge in [-0.2, -0.15) is 0 Å². The van der Waals surface area contributed by atoms with Gasteiger partial charge in [0, 0.05) is 18.7 Å². The Labute approximate surface area is 119 Å². The van der Waals surface area contributed by atoms with Crippen LogP contribution in [0.25, 0.3) is 0 Å². The molecule has 1 fully saturated rings. The fourth-order valence-electron chi connectivity index (χ4n) is 2.55. The SMILES string of the molecule is Cc1ccc(S(N)(=O)=O)cc1C(=O)N1CCCC(C)C1. The first kappa shape index (κ1) is 15.0. The number of sulfonamides is 1. The summed E-state index contributed by atoms with van der Waals surface area (Å²) >= 11 is 0. The first-order chi connectivity index (χ1) is 9.29. The van der Waals surface area contributed by atoms with E-state index in [1.807, 2.05) is 0 Å². The number of nitrogens with zero attached hydrogens (tertiary/aromatic N) is 1. The maximum absolute atomic E-state index is 12.5. The Morgan fingerprint density at radius 2 is 2.10 bits per heavy atom. The first-order valence-corrected chi connectivity index (χ1v) is 8.26. The molecule has 5 nitrogen and oxygen atoms in total. The van der Waals surface area contributed by atoms with Crippen LogP contribution in [0.3, 0.4) is 0 Å². The van der Waals surface area contributed by atoms with E-state index in [2.05, 4.69) is 6.92 Å². The van der Waals surface area contributed by atoms with Gasteiger partial charge in [0.25, 0.3) is 5.91 Å². The van der Waals surface area contributed by atoms with Crippen molar-refractivity contribution in [2.75, 3.05) is 13.1 Å². The molecule has 2 N–H and O–H groups in total. The van der Waals surface area contributed by atoms with Gasteiger partial charge >= 0.3 is 0 Å². The lowest BCUT2D eigenvalue weighted by Gasteiger charge is -2.31. The molecule has 2 rings (SSSR count). The third-order valence-electron chi connectivity index (χ3n) is 3.71. The number of rotatable bonds is 2. The zero-order chi connectivity index (χ0) is 14.9. The summed E-state index contributed by atoms with van der Waals surface area (Å²) in [5.41, 5.74) is 1.19. The molecular formula is C14H20N2O3S. The van der Waals surface area contributed by atoms with Crippen LogP contribution in [-0.2, 0) is 10.0 Å². The zero-order valence-electron chi connectivity index (χ0n) is 11.8. The number of primary sulfonamides is 1. The van der Waals surface area contributed by atoms with Crippen LogP contribution < -0.4 is 5.14 Å². The number of hydrogen-bond acceptors (Lipinski definition) is 3. The molecule has 1 aromatic rings. The average molecular weight is 296 g/mol. The van der Waals surface area contributed by atoms with Gasteiger partial charge in [-0.05, 0) is 43.4 Å². The molecule has 1 aliphatic heterocycles. The van der Waals surface area contributed by atoms with Crippen molar-refractivity contribution in [2.45, 2.75) is 31.6 Å². The van der Waals surface area contributed by atoms with Crippen LogP contribution in [0.1, 0.15) is 35.7 Å². The largest absolute Gasteiger partial charge is 0.338 e. The van der Waals surface area contributed by atoms with Gasteiger partial charge in [0.15, 0.2) is 0 Å². The van der Waals surface area contributed by atoms with Gasteiger partial charge in [0.2, 0.25) is 10.0 Å². The Kier molecular flexibility index (Phi) is 4.15. The van der Waals surface area contributed by atoms with Crippen molar-refractivity contribution in [2.24, 2.45) is 11.1 Å². The molecule has 1 aliphatic rings. The second-order valence-electron chi connectivity index (χ2n) is 5.52. The van der Waals surface area contributed by atoms with Crippen LogP contribution in [0, 0.1) is 12.8 Å². The van der Waals surface area contributed by atoms with Crippen LogP contribution >= 0.6 is 0 Å². The fourth-order valence-corrected chi connectivity index (χ4v) is 3.09. The van der Waals surface area contributed by atoms with Gasteiger partial charge in [0.1, 0.15) is 0 Å². The lowest BCUT2D eigenvalue weighted by Crippen LogP contribution is -2.39. The maximum atomic E-state index is 12.5. The third-order valence-corrected chi connectivity index (χ3v) is 4.62. The Morgan fingerprint density at radius 1 is 1.40 bits per heavy atom. The number of benzene rings is 1. The van der Waals surface area contributed by atoms with Crippen LogP contribution in [-0.4, -0.2) is 32.3 Å². The minimum atomic E-state index is -3.79. The number of likely N-dealkylation sites (tertiary alicyclic amines) is 1. The number of carbonyl (C=O) groups excluding carboxylic acids is 1. The summed E-state index contributed by atoms with van der Waals surface area (Å²) in [6, 6.07) is 4.44. The van der Waals surface area contributed by atoms with Crippen LogP contribution in [0.2, 0.25) is 0 Å². The second kappa shape index (κ2) is 5.54. The monoisotopic (exact) mass is 296 g/mol. The normalized spacial score (nSPS) is 19.9. The van der Waals surface area contributed by atoms with Crippen LogP contribution in [0.15, 0.2) is 23.1 Å². The molecule has 6 heteroatoms. The molecule has 0 aromatic heterocycles. The molecule has 1 amide bonds. The second-order valence-corrected chi connectivity index (χ2v) is 7.08. The van der Waals surface area contributed by atoms with E-state index in [-0.39, 0.29) is 10.8 Å². The summed E-state index contributed by atoms with van der Waals surface area (Å²) < 4.78 is 22.8. The fraction of sp³-hybridized carbons (Fsp3) is 0.500. The van der Waals surface area contributed by atoms with Crippen molar-refractivity contribution >= 4 is 15.9 Å². The highest BCUT2D eigenvalue weighted by Gasteiger charge is 2.24. The predicted molar refractivity (Wildman–Crippen MR) is 76.9 cm³/mol. The molecule has 0 aliphatic carbocycles. The minimum absolute atomic E-state index is 0.0171. The summed E-state index contributed by atoms with van der Waals surface area (Å²) in [6.07, 6.45) is 2.11. The van der Waals surface area contributed by atoms with Crippen LogP contribution in [0.5, 0.6) is 0 Å². The van der Waals surface area contributed by atoms with E-state index >= 15 is 0 Å². The summed E-state index contributed by atoms with van der Waals surface area (Å²) in [5.74, 6) is 0.369. The van der Waals surface area contributed by atoms with Gasteiger partial charge in [-0.15, -0.1) is 0 Å². The van der Waals surface area contributed by atoms with Gasteiger partial charge in [-0.1, -0.05) is 13.0 Å². The highest BCUT2D eigenvalue weighted by Crippen LogP contribution is 2.21. The van der Waals surface area contributed by atoms with Gasteiger partial charge in [0.05, 0.1) is 4.90 Å². The summed E-state index contributed by atoms with van der Waals surface area (Å²) in [6.45, 7) is 5.36. The molecule has 110 valence electrons. The van der Waals surface area contributed by atoms with E-state index in [1.165, 1.54) is 12.1 Å². The van der Waals surface area contributed by atoms with Gasteiger partial charge < -0.3 is 4.90 Å². The molecule has 0 saturated carbocycles. The van der Waals surface area contributed by atoms with E-state index in [0.717, 1.165) is 31.5 Å². The van der Waals surface area contributed by atoms with Gasteiger partial charge in [-0.25, -0.2) is 13.6 Å². The molecule has 1 heterocycles. The van der Waals surface area contributed by atoms with E-state index in [1.54, 1.807) is 17.9 Å². The maximum Gasteiger partial charge on any atom is 0.254 e. The Hall–Kier alpha value is -1.40. The zero-order valence-corrected chi connectivity index (χ0v) is 12.6. The topological polar surface area (TPSA) is 80.5 Å². The van der Waals surface area contributed by atoms with Crippen LogP contribution in [0.4, 0.5) is 0 Å². The van der Waals surface area contributed by atoms with Crippen molar-refractivity contribution < 1.29 is 13.2 Å². The van der Waals surface area contributed by atoms with E-state index < -0.39 is 10.0 Å². The van der Waals surface area contributed by atoms with Crippen molar-refractivity contribution in [3.63, 3.8) is 0 Å². The first-order valence-electron chi connectivity index (χ1n) is 6.72. The summed E-state index contributed by atoms with van der Waals surface area (Å²) in [5, 5.41) is 5.12. The smallest absolute Gasteiger partial charge is 0.254 e. The van der Waals surface area contributed by atoms with E-state index in [0.29, 0.717) is 11.5 Å². The molecule has 20 heavy (non-hydrogen) atoms. The number of amides is 1. The molecule has 1 saturated heterocycles. The van der Waals surface area contributed by atoms with Crippen molar-refractivity contribution in [3.05, 3.63) is 29.3 Å². The standard InChI is InChI=1S/C14H20N2O3S/c1-10-4-3-7-16(9-10)14(17)13-8-12(20(15,18)19)6-5-11(13)2/h5-6,8,10H,3-4,7,9H2,1-2H3,(H2,15,18,19). The Morgan fingerprint density at radius 3 is 2.70 bits per heavy atom. The third kappa shape index (κ3) is 3.19. The summed E-state index contributed by atoms with van der Waals surface area (Å²) in [7, 11) is -3.79. The minimum Gasteiger partial charge on any atom is -0.338 e. The Bertz CT molecular complexity index is 625. The molecule has 0 spiro atoms. The van der Waals surface area contributed by atoms with E-state index in [9.17, 15) is 13.2 Å². The highest BCUT2D eigenvalue weighted by molar-refractivity contribution is 7.89. The number of carbonyl (C=O) groups is 1. The predicted octanol–water partition coefficient (Wildman–Crippen LogP) is 1.51. The molecule has 1 unspecified atom stereocenters. The van der Waals surface area contributed by atoms with Gasteiger partial charge in [-0.3, -0.25) is 4.79 Å². The highest BCUT2D eigenvalue weighted by atomic mass is 32.2. The number of hydrogen-bond donors (Lipinski definition) is 1. The average Bonchev–Trinajstić information content (AvgIpc) is 2.37. The Balaban J connectivity index is 2.34. The van der Waals surface area contributed by atoms with E-state index in [4.69, 9.17) is 5.14 Å². The molecule has 1 aromatic carbocycles.